The second kappa shape index (κ2) is 3.90. The number of nitrogens with one attached hydrogen (secondary N) is 2. The molecule has 1 heterocycles. The average Bonchev–Trinajstić information content (AvgIpc) is 2.29. The molecule has 3 heteroatoms. The van der Waals surface area contributed by atoms with Gasteiger partial charge in [-0.15, -0.1) is 6.58 Å². The lowest BCUT2D eigenvalue weighted by Gasteiger charge is -2.16. The van der Waals surface area contributed by atoms with Gasteiger partial charge in [0, 0.05) is 0 Å². The van der Waals surface area contributed by atoms with E-state index >= 15 is 0 Å². The monoisotopic (exact) mass is 184 g/mol. The lowest BCUT2D eigenvalue weighted by Crippen LogP contribution is -2.32. The van der Waals surface area contributed by atoms with Crippen LogP contribution in [0.3, 0.4) is 0 Å². The van der Waals surface area contributed by atoms with Gasteiger partial charge < -0.3 is 10.6 Å². The van der Waals surface area contributed by atoms with E-state index in [0.29, 0.717) is 18.0 Å². The highest BCUT2D eigenvalue weighted by Gasteiger charge is 2.26. The molecule has 2 atom stereocenters. The first-order valence-electron chi connectivity index (χ1n) is 4.33. The van der Waals surface area contributed by atoms with Crippen LogP contribution in [0.5, 0.6) is 0 Å². The molecule has 68 valence electrons. The van der Waals surface area contributed by atoms with E-state index in [1.807, 2.05) is 6.08 Å². The highest BCUT2D eigenvalue weighted by atomic mass is 32.1. The fourth-order valence-electron chi connectivity index (χ4n) is 1.49. The van der Waals surface area contributed by atoms with Crippen molar-refractivity contribution in [3.05, 3.63) is 12.7 Å². The van der Waals surface area contributed by atoms with E-state index in [0.717, 1.165) is 11.5 Å². The zero-order valence-corrected chi connectivity index (χ0v) is 8.45. The van der Waals surface area contributed by atoms with Gasteiger partial charge in [-0.3, -0.25) is 0 Å². The minimum atomic E-state index is 0.305. The molecule has 12 heavy (non-hydrogen) atoms. The molecular formula is C9H16N2S. The standard InChI is InChI=1S/C9H16N2S/c1-4-7-8(5-6(2)3)11-9(12)10-7/h4,6-8H,1,5H2,2-3H3,(H2,10,11,12)/t7-,8-/m0/s1. The molecule has 0 aromatic carbocycles. The average molecular weight is 184 g/mol. The Balaban J connectivity index is 2.51. The van der Waals surface area contributed by atoms with E-state index in [1.165, 1.54) is 0 Å². The van der Waals surface area contributed by atoms with E-state index in [4.69, 9.17) is 12.2 Å². The molecule has 0 aromatic rings. The van der Waals surface area contributed by atoms with Gasteiger partial charge in [0.2, 0.25) is 0 Å². The molecule has 1 aliphatic rings. The third-order valence-corrected chi connectivity index (χ3v) is 2.26. The van der Waals surface area contributed by atoms with Crippen LogP contribution < -0.4 is 10.6 Å². The Labute approximate surface area is 79.4 Å². The van der Waals surface area contributed by atoms with E-state index in [2.05, 4.69) is 31.1 Å². The Bertz CT molecular complexity index is 189. The van der Waals surface area contributed by atoms with Crippen LogP contribution in [-0.4, -0.2) is 17.2 Å². The first kappa shape index (κ1) is 9.52. The van der Waals surface area contributed by atoms with Crippen molar-refractivity contribution in [1.82, 2.24) is 10.6 Å². The van der Waals surface area contributed by atoms with Crippen molar-refractivity contribution in [3.8, 4) is 0 Å². The fourth-order valence-corrected chi connectivity index (χ4v) is 1.78. The molecule has 0 amide bonds. The smallest absolute Gasteiger partial charge is 0.167 e. The molecular weight excluding hydrogens is 168 g/mol. The van der Waals surface area contributed by atoms with Crippen LogP contribution in [0.15, 0.2) is 12.7 Å². The van der Waals surface area contributed by atoms with Gasteiger partial charge in [-0.05, 0) is 24.6 Å². The lowest BCUT2D eigenvalue weighted by atomic mass is 9.99. The summed E-state index contributed by atoms with van der Waals surface area (Å²) in [6.07, 6.45) is 3.04. The van der Waals surface area contributed by atoms with E-state index in [9.17, 15) is 0 Å². The SMILES string of the molecule is C=C[C@@H]1NC(=S)N[C@H]1CC(C)C. The third kappa shape index (κ3) is 2.21. The lowest BCUT2D eigenvalue weighted by molar-refractivity contribution is 0.454. The molecule has 1 rings (SSSR count). The van der Waals surface area contributed by atoms with Crippen molar-refractivity contribution in [1.29, 1.82) is 0 Å². The van der Waals surface area contributed by atoms with Crippen LogP contribution in [0.2, 0.25) is 0 Å². The predicted molar refractivity (Wildman–Crippen MR) is 56.1 cm³/mol. The van der Waals surface area contributed by atoms with Gasteiger partial charge in [0.1, 0.15) is 0 Å². The maximum Gasteiger partial charge on any atom is 0.167 e. The Hall–Kier alpha value is -0.570. The van der Waals surface area contributed by atoms with Crippen molar-refractivity contribution in [2.45, 2.75) is 32.4 Å². The summed E-state index contributed by atoms with van der Waals surface area (Å²) in [5.74, 6) is 0.688. The van der Waals surface area contributed by atoms with Gasteiger partial charge >= 0.3 is 0 Å². The highest BCUT2D eigenvalue weighted by molar-refractivity contribution is 7.80. The second-order valence-electron chi connectivity index (χ2n) is 3.62. The molecule has 0 unspecified atom stereocenters. The van der Waals surface area contributed by atoms with Crippen LogP contribution in [0.25, 0.3) is 0 Å². The van der Waals surface area contributed by atoms with Gasteiger partial charge in [0.05, 0.1) is 12.1 Å². The molecule has 2 N–H and O–H groups in total. The quantitative estimate of drug-likeness (QED) is 0.512. The van der Waals surface area contributed by atoms with E-state index in [-0.39, 0.29) is 0 Å². The highest BCUT2D eigenvalue weighted by Crippen LogP contribution is 2.12. The van der Waals surface area contributed by atoms with Crippen LogP contribution in [0.4, 0.5) is 0 Å². The van der Waals surface area contributed by atoms with Crippen LogP contribution in [0.1, 0.15) is 20.3 Å². The summed E-state index contributed by atoms with van der Waals surface area (Å²) in [6, 6.07) is 0.731. The normalized spacial score (nSPS) is 28.4. The van der Waals surface area contributed by atoms with Crippen molar-refractivity contribution >= 4 is 17.3 Å². The molecule has 0 aromatic heterocycles. The minimum Gasteiger partial charge on any atom is -0.358 e. The van der Waals surface area contributed by atoms with Gasteiger partial charge in [-0.2, -0.15) is 0 Å². The second-order valence-corrected chi connectivity index (χ2v) is 4.02. The summed E-state index contributed by atoms with van der Waals surface area (Å²) < 4.78 is 0. The first-order chi connectivity index (χ1) is 5.63. The van der Waals surface area contributed by atoms with Gasteiger partial charge in [-0.25, -0.2) is 0 Å². The van der Waals surface area contributed by atoms with Gasteiger partial charge in [0.25, 0.3) is 0 Å². The van der Waals surface area contributed by atoms with E-state index in [1.54, 1.807) is 0 Å². The molecule has 1 aliphatic heterocycles. The largest absolute Gasteiger partial charge is 0.358 e. The Morgan fingerprint density at radius 2 is 2.25 bits per heavy atom. The number of rotatable bonds is 3. The predicted octanol–water partition coefficient (Wildman–Crippen LogP) is 1.43. The molecule has 2 nitrogen and oxygen atoms in total. The summed E-state index contributed by atoms with van der Waals surface area (Å²) in [6.45, 7) is 8.20. The molecule has 0 saturated carbocycles. The maximum absolute atomic E-state index is 5.02. The van der Waals surface area contributed by atoms with Crippen LogP contribution in [-0.2, 0) is 0 Å². The summed E-state index contributed by atoms with van der Waals surface area (Å²) in [5, 5.41) is 7.15. The molecule has 0 bridgehead atoms. The zero-order valence-electron chi connectivity index (χ0n) is 7.63. The van der Waals surface area contributed by atoms with Gasteiger partial charge in [-0.1, -0.05) is 19.9 Å². The molecule has 0 radical (unpaired) electrons. The summed E-state index contributed by atoms with van der Waals surface area (Å²) >= 11 is 5.02. The molecule has 1 saturated heterocycles. The molecule has 0 aliphatic carbocycles. The topological polar surface area (TPSA) is 24.1 Å². The summed E-state index contributed by atoms with van der Waals surface area (Å²) in [7, 11) is 0. The van der Waals surface area contributed by atoms with Crippen LogP contribution >= 0.6 is 12.2 Å². The van der Waals surface area contributed by atoms with E-state index < -0.39 is 0 Å². The number of thiocarbonyl (C=S) groups is 1. The molecule has 0 spiro atoms. The summed E-state index contributed by atoms with van der Waals surface area (Å²) in [4.78, 5) is 0. The van der Waals surface area contributed by atoms with Gasteiger partial charge in [0.15, 0.2) is 5.11 Å². The Kier molecular flexibility index (Phi) is 3.09. The van der Waals surface area contributed by atoms with Crippen molar-refractivity contribution in [2.24, 2.45) is 5.92 Å². The minimum absolute atomic E-state index is 0.305. The Morgan fingerprint density at radius 1 is 1.58 bits per heavy atom. The first-order valence-corrected chi connectivity index (χ1v) is 4.74. The Morgan fingerprint density at radius 3 is 2.75 bits per heavy atom. The number of hydrogen-bond donors (Lipinski definition) is 2. The van der Waals surface area contributed by atoms with Crippen molar-refractivity contribution in [3.63, 3.8) is 0 Å². The maximum atomic E-state index is 5.02. The number of hydrogen-bond acceptors (Lipinski definition) is 1. The zero-order chi connectivity index (χ0) is 9.14. The van der Waals surface area contributed by atoms with Crippen molar-refractivity contribution in [2.75, 3.05) is 0 Å². The summed E-state index contributed by atoms with van der Waals surface area (Å²) in [5.41, 5.74) is 0. The fraction of sp³-hybridized carbons (Fsp3) is 0.667. The third-order valence-electron chi connectivity index (χ3n) is 2.03. The van der Waals surface area contributed by atoms with Crippen molar-refractivity contribution < 1.29 is 0 Å². The van der Waals surface area contributed by atoms with Crippen LogP contribution in [0, 0.1) is 5.92 Å². The molecule has 1 fully saturated rings.